The van der Waals surface area contributed by atoms with Crippen LogP contribution < -0.4 is 0 Å². The molecule has 0 radical (unpaired) electrons. The Kier molecular flexibility index (Phi) is 10.2. The van der Waals surface area contributed by atoms with Crippen LogP contribution in [0.3, 0.4) is 0 Å². The third-order valence-corrected chi connectivity index (χ3v) is 4.31. The van der Waals surface area contributed by atoms with E-state index in [0.29, 0.717) is 38.7 Å². The molecule has 1 atom stereocenters. The van der Waals surface area contributed by atoms with Gasteiger partial charge in [0.2, 0.25) is 0 Å². The van der Waals surface area contributed by atoms with E-state index >= 15 is 0 Å². The zero-order valence-corrected chi connectivity index (χ0v) is 16.2. The molecule has 150 valence electrons. The van der Waals surface area contributed by atoms with Gasteiger partial charge in [0.25, 0.3) is 5.97 Å². The summed E-state index contributed by atoms with van der Waals surface area (Å²) in [5, 5.41) is 0. The number of halogens is 3. The van der Waals surface area contributed by atoms with Crippen LogP contribution >= 0.6 is 0 Å². The number of ether oxygens (including phenoxy) is 3. The molecule has 1 aromatic carbocycles. The molecular weight excluding hydrogens is 345 g/mol. The first-order valence-corrected chi connectivity index (χ1v) is 9.45. The first-order valence-electron chi connectivity index (χ1n) is 9.45. The highest BCUT2D eigenvalue weighted by molar-refractivity contribution is 5.20. The lowest BCUT2D eigenvalue weighted by Crippen LogP contribution is -2.45. The molecule has 0 aliphatic heterocycles. The van der Waals surface area contributed by atoms with Crippen LogP contribution in [0.1, 0.15) is 58.9 Å². The topological polar surface area (TPSA) is 27.7 Å². The van der Waals surface area contributed by atoms with E-state index in [1.165, 1.54) is 0 Å². The van der Waals surface area contributed by atoms with Gasteiger partial charge < -0.3 is 14.2 Å². The fourth-order valence-electron chi connectivity index (χ4n) is 3.03. The Balaban J connectivity index is 2.49. The summed E-state index contributed by atoms with van der Waals surface area (Å²) in [6, 6.07) is 1.55. The monoisotopic (exact) mass is 376 g/mol. The SMILES string of the molecule is CCOC(OCC)(OCC)C(C)CCCCCc1cc(F)c(F)cc1F. The van der Waals surface area contributed by atoms with Crippen molar-refractivity contribution in [3.8, 4) is 0 Å². The number of unbranched alkanes of at least 4 members (excludes halogenated alkanes) is 2. The van der Waals surface area contributed by atoms with Crippen LogP contribution in [0.4, 0.5) is 13.2 Å². The summed E-state index contributed by atoms with van der Waals surface area (Å²) in [5.41, 5.74) is 0.212. The first kappa shape index (κ1) is 22.9. The lowest BCUT2D eigenvalue weighted by atomic mass is 9.98. The number of rotatable bonds is 13. The molecule has 0 fully saturated rings. The van der Waals surface area contributed by atoms with Crippen molar-refractivity contribution in [1.29, 1.82) is 0 Å². The van der Waals surface area contributed by atoms with Gasteiger partial charge in [-0.1, -0.05) is 19.8 Å². The molecule has 0 aliphatic carbocycles. The molecule has 26 heavy (non-hydrogen) atoms. The van der Waals surface area contributed by atoms with Gasteiger partial charge in [-0.2, -0.15) is 0 Å². The molecule has 6 heteroatoms. The largest absolute Gasteiger partial charge is 0.328 e. The van der Waals surface area contributed by atoms with Gasteiger partial charge in [-0.3, -0.25) is 0 Å². The van der Waals surface area contributed by atoms with E-state index in [-0.39, 0.29) is 11.5 Å². The Labute approximate surface area is 154 Å². The van der Waals surface area contributed by atoms with Crippen LogP contribution in [0.15, 0.2) is 12.1 Å². The van der Waals surface area contributed by atoms with E-state index in [2.05, 4.69) is 0 Å². The highest BCUT2D eigenvalue weighted by Gasteiger charge is 2.38. The van der Waals surface area contributed by atoms with E-state index in [0.717, 1.165) is 25.3 Å². The number of hydrogen-bond acceptors (Lipinski definition) is 3. The van der Waals surface area contributed by atoms with Crippen molar-refractivity contribution in [1.82, 2.24) is 0 Å². The number of hydrogen-bond donors (Lipinski definition) is 0. The summed E-state index contributed by atoms with van der Waals surface area (Å²) in [7, 11) is 0. The molecular formula is C20H31F3O3. The summed E-state index contributed by atoms with van der Waals surface area (Å²) in [4.78, 5) is 0. The molecule has 0 aliphatic rings. The minimum Gasteiger partial charge on any atom is -0.328 e. The first-order chi connectivity index (χ1) is 12.4. The zero-order valence-electron chi connectivity index (χ0n) is 16.2. The van der Waals surface area contributed by atoms with Gasteiger partial charge in [-0.25, -0.2) is 13.2 Å². The summed E-state index contributed by atoms with van der Waals surface area (Å²) in [6.45, 7) is 9.18. The van der Waals surface area contributed by atoms with E-state index in [1.807, 2.05) is 27.7 Å². The van der Waals surface area contributed by atoms with Crippen molar-refractivity contribution < 1.29 is 27.4 Å². The predicted molar refractivity (Wildman–Crippen MR) is 95.3 cm³/mol. The Bertz CT molecular complexity index is 520. The summed E-state index contributed by atoms with van der Waals surface area (Å²) < 4.78 is 57.1. The summed E-state index contributed by atoms with van der Waals surface area (Å²) >= 11 is 0. The van der Waals surface area contributed by atoms with Gasteiger partial charge in [0.05, 0.1) is 0 Å². The zero-order chi connectivity index (χ0) is 19.6. The van der Waals surface area contributed by atoms with Gasteiger partial charge in [-0.15, -0.1) is 0 Å². The van der Waals surface area contributed by atoms with Crippen LogP contribution in [-0.4, -0.2) is 25.8 Å². The molecule has 0 N–H and O–H groups in total. The molecule has 0 bridgehead atoms. The van der Waals surface area contributed by atoms with Crippen molar-refractivity contribution in [3.05, 3.63) is 35.1 Å². The second-order valence-electron chi connectivity index (χ2n) is 6.26. The van der Waals surface area contributed by atoms with Crippen molar-refractivity contribution in [2.75, 3.05) is 19.8 Å². The molecule has 1 aromatic rings. The molecule has 0 amide bonds. The molecule has 0 spiro atoms. The third-order valence-electron chi connectivity index (χ3n) is 4.31. The van der Waals surface area contributed by atoms with Gasteiger partial charge in [-0.05, 0) is 51.7 Å². The second-order valence-corrected chi connectivity index (χ2v) is 6.26. The van der Waals surface area contributed by atoms with Crippen molar-refractivity contribution >= 4 is 0 Å². The molecule has 0 heterocycles. The fourth-order valence-corrected chi connectivity index (χ4v) is 3.03. The van der Waals surface area contributed by atoms with Crippen molar-refractivity contribution in [2.45, 2.75) is 65.8 Å². The van der Waals surface area contributed by atoms with E-state index in [1.54, 1.807) is 0 Å². The molecule has 1 rings (SSSR count). The smallest absolute Gasteiger partial charge is 0.285 e. The van der Waals surface area contributed by atoms with Crippen LogP contribution in [0.25, 0.3) is 0 Å². The lowest BCUT2D eigenvalue weighted by Gasteiger charge is -2.37. The molecule has 1 unspecified atom stereocenters. The van der Waals surface area contributed by atoms with Crippen molar-refractivity contribution in [2.24, 2.45) is 5.92 Å². The lowest BCUT2D eigenvalue weighted by molar-refractivity contribution is -0.400. The maximum Gasteiger partial charge on any atom is 0.285 e. The summed E-state index contributed by atoms with van der Waals surface area (Å²) in [6.07, 6.45) is 3.61. The fraction of sp³-hybridized carbons (Fsp3) is 0.700. The molecule has 0 saturated heterocycles. The molecule has 0 aromatic heterocycles. The van der Waals surface area contributed by atoms with Crippen LogP contribution in [0, 0.1) is 23.4 Å². The highest BCUT2D eigenvalue weighted by Crippen LogP contribution is 2.30. The highest BCUT2D eigenvalue weighted by atomic mass is 19.2. The van der Waals surface area contributed by atoms with Gasteiger partial charge >= 0.3 is 0 Å². The third kappa shape index (κ3) is 6.56. The molecule has 0 saturated carbocycles. The number of benzene rings is 1. The van der Waals surface area contributed by atoms with Crippen LogP contribution in [0.5, 0.6) is 0 Å². The van der Waals surface area contributed by atoms with Crippen molar-refractivity contribution in [3.63, 3.8) is 0 Å². The maximum atomic E-state index is 13.6. The number of aryl methyl sites for hydroxylation is 1. The second kappa shape index (κ2) is 11.6. The Morgan fingerprint density at radius 2 is 1.35 bits per heavy atom. The van der Waals surface area contributed by atoms with Crippen LogP contribution in [0.2, 0.25) is 0 Å². The van der Waals surface area contributed by atoms with E-state index in [4.69, 9.17) is 14.2 Å². The minimum atomic E-state index is -1.15. The minimum absolute atomic E-state index is 0.0300. The molecule has 3 nitrogen and oxygen atoms in total. The average molecular weight is 376 g/mol. The van der Waals surface area contributed by atoms with Gasteiger partial charge in [0.1, 0.15) is 5.82 Å². The van der Waals surface area contributed by atoms with Crippen LogP contribution in [-0.2, 0) is 20.6 Å². The van der Waals surface area contributed by atoms with Gasteiger partial charge in [0.15, 0.2) is 11.6 Å². The normalized spacial score (nSPS) is 13.2. The Morgan fingerprint density at radius 3 is 1.88 bits per heavy atom. The standard InChI is InChI=1S/C20H31F3O3/c1-5-24-20(25-6-2,26-7-3)15(4)11-9-8-10-12-16-13-18(22)19(23)14-17(16)21/h13-15H,5-12H2,1-4H3. The van der Waals surface area contributed by atoms with Gasteiger partial charge in [0, 0.05) is 31.8 Å². The van der Waals surface area contributed by atoms with E-state index in [9.17, 15) is 13.2 Å². The quantitative estimate of drug-likeness (QED) is 0.255. The Morgan fingerprint density at radius 1 is 0.808 bits per heavy atom. The summed E-state index contributed by atoms with van der Waals surface area (Å²) in [5.74, 6) is -3.86. The Hall–Kier alpha value is -1.11. The average Bonchev–Trinajstić information content (AvgIpc) is 2.59. The predicted octanol–water partition coefficient (Wildman–Crippen LogP) is 5.61. The van der Waals surface area contributed by atoms with E-state index < -0.39 is 23.4 Å². The maximum absolute atomic E-state index is 13.6.